The van der Waals surface area contributed by atoms with Gasteiger partial charge >= 0.3 is 0 Å². The van der Waals surface area contributed by atoms with E-state index in [1.807, 2.05) is 0 Å². The number of hydrogen-bond donors (Lipinski definition) is 1. The Labute approximate surface area is 100 Å². The largest absolute Gasteiger partial charge is 0.389 e. The molecule has 0 bridgehead atoms. The first-order valence-corrected chi connectivity index (χ1v) is 6.85. The van der Waals surface area contributed by atoms with Crippen LogP contribution in [0.25, 0.3) is 0 Å². The zero-order valence-electron chi connectivity index (χ0n) is 9.43. The number of hydrogen-bond acceptors (Lipinski definition) is 5. The van der Waals surface area contributed by atoms with Crippen molar-refractivity contribution in [3.05, 3.63) is 6.20 Å². The fourth-order valence-corrected chi connectivity index (χ4v) is 3.52. The lowest BCUT2D eigenvalue weighted by Crippen LogP contribution is -2.36. The molecule has 88 valence electrons. The van der Waals surface area contributed by atoms with Gasteiger partial charge in [0.1, 0.15) is 5.00 Å². The molecule has 0 saturated carbocycles. The Kier molecular flexibility index (Phi) is 2.73. The molecule has 2 aliphatic heterocycles. The van der Waals surface area contributed by atoms with Crippen molar-refractivity contribution < 1.29 is 0 Å². The fourth-order valence-electron chi connectivity index (χ4n) is 2.80. The van der Waals surface area contributed by atoms with Crippen molar-refractivity contribution in [2.75, 3.05) is 36.8 Å². The van der Waals surface area contributed by atoms with Crippen LogP contribution in [-0.2, 0) is 0 Å². The summed E-state index contributed by atoms with van der Waals surface area (Å²) in [6.45, 7) is 4.80. The molecule has 0 radical (unpaired) electrons. The van der Waals surface area contributed by atoms with Crippen molar-refractivity contribution >= 4 is 21.5 Å². The monoisotopic (exact) mass is 238 g/mol. The minimum Gasteiger partial charge on any atom is -0.389 e. The van der Waals surface area contributed by atoms with Crippen LogP contribution in [0, 0.1) is 0 Å². The van der Waals surface area contributed by atoms with Crippen molar-refractivity contribution in [2.45, 2.75) is 25.3 Å². The van der Waals surface area contributed by atoms with Crippen LogP contribution in [0.3, 0.4) is 0 Å². The van der Waals surface area contributed by atoms with E-state index in [1.54, 1.807) is 17.5 Å². The van der Waals surface area contributed by atoms with Crippen molar-refractivity contribution in [3.8, 4) is 0 Å². The standard InChI is InChI=1S/C11H18N4S/c12-10-7-13-11(16-10)15-6-2-5-14-4-1-3-9(14)8-15/h7,9H,1-6,8,12H2. The van der Waals surface area contributed by atoms with Crippen molar-refractivity contribution in [1.82, 2.24) is 9.88 Å². The molecule has 0 spiro atoms. The van der Waals surface area contributed by atoms with Gasteiger partial charge in [-0.2, -0.15) is 0 Å². The molecule has 1 atom stereocenters. The van der Waals surface area contributed by atoms with Crippen LogP contribution in [0.4, 0.5) is 10.1 Å². The van der Waals surface area contributed by atoms with Crippen LogP contribution in [0.2, 0.25) is 0 Å². The molecule has 0 aliphatic carbocycles. The van der Waals surface area contributed by atoms with Crippen LogP contribution >= 0.6 is 11.3 Å². The Morgan fingerprint density at radius 1 is 1.31 bits per heavy atom. The number of nitrogens with two attached hydrogens (primary N) is 1. The predicted octanol–water partition coefficient (Wildman–Crippen LogP) is 1.40. The summed E-state index contributed by atoms with van der Waals surface area (Å²) in [4.78, 5) is 9.45. The molecule has 1 aromatic heterocycles. The van der Waals surface area contributed by atoms with E-state index >= 15 is 0 Å². The minimum atomic E-state index is 0.743. The molecule has 1 aromatic rings. The van der Waals surface area contributed by atoms with E-state index in [-0.39, 0.29) is 0 Å². The molecule has 3 rings (SSSR count). The van der Waals surface area contributed by atoms with Crippen molar-refractivity contribution in [1.29, 1.82) is 0 Å². The smallest absolute Gasteiger partial charge is 0.187 e. The number of fused-ring (bicyclic) bond motifs is 1. The molecule has 0 amide bonds. The lowest BCUT2D eigenvalue weighted by molar-refractivity contribution is 0.273. The zero-order chi connectivity index (χ0) is 11.0. The van der Waals surface area contributed by atoms with Gasteiger partial charge in [0, 0.05) is 25.7 Å². The van der Waals surface area contributed by atoms with Crippen molar-refractivity contribution in [2.24, 2.45) is 0 Å². The third kappa shape index (κ3) is 1.89. The third-order valence-electron chi connectivity index (χ3n) is 3.59. The number of anilines is 2. The van der Waals surface area contributed by atoms with E-state index in [4.69, 9.17) is 5.73 Å². The Morgan fingerprint density at radius 2 is 2.19 bits per heavy atom. The van der Waals surface area contributed by atoms with E-state index in [2.05, 4.69) is 14.8 Å². The molecule has 1 unspecified atom stereocenters. The van der Waals surface area contributed by atoms with Gasteiger partial charge in [-0.1, -0.05) is 11.3 Å². The van der Waals surface area contributed by atoms with E-state index in [0.29, 0.717) is 0 Å². The summed E-state index contributed by atoms with van der Waals surface area (Å²) in [6.07, 6.45) is 5.73. The molecule has 2 fully saturated rings. The maximum atomic E-state index is 5.75. The molecule has 2 saturated heterocycles. The average molecular weight is 238 g/mol. The average Bonchev–Trinajstić information content (AvgIpc) is 2.83. The van der Waals surface area contributed by atoms with Crippen LogP contribution in [0.5, 0.6) is 0 Å². The second-order valence-corrected chi connectivity index (χ2v) is 5.72. The normalized spacial score (nSPS) is 26.8. The lowest BCUT2D eigenvalue weighted by atomic mass is 10.2. The summed E-state index contributed by atoms with van der Waals surface area (Å²) in [5.41, 5.74) is 5.75. The van der Waals surface area contributed by atoms with Gasteiger partial charge in [0.2, 0.25) is 0 Å². The Bertz CT molecular complexity index is 365. The highest BCUT2D eigenvalue weighted by molar-refractivity contribution is 7.19. The third-order valence-corrected chi connectivity index (χ3v) is 4.47. The van der Waals surface area contributed by atoms with Gasteiger partial charge in [-0.15, -0.1) is 0 Å². The van der Waals surface area contributed by atoms with Crippen molar-refractivity contribution in [3.63, 3.8) is 0 Å². The summed E-state index contributed by atoms with van der Waals surface area (Å²) in [7, 11) is 0. The Hall–Kier alpha value is -0.810. The Balaban J connectivity index is 1.76. The molecule has 2 N–H and O–H groups in total. The summed E-state index contributed by atoms with van der Waals surface area (Å²) >= 11 is 1.61. The van der Waals surface area contributed by atoms with Crippen LogP contribution in [0.1, 0.15) is 19.3 Å². The molecular weight excluding hydrogens is 220 g/mol. The molecule has 16 heavy (non-hydrogen) atoms. The van der Waals surface area contributed by atoms with Crippen LogP contribution in [-0.4, -0.2) is 42.1 Å². The maximum absolute atomic E-state index is 5.75. The van der Waals surface area contributed by atoms with Gasteiger partial charge in [0.15, 0.2) is 5.13 Å². The quantitative estimate of drug-likeness (QED) is 0.803. The summed E-state index contributed by atoms with van der Waals surface area (Å²) in [5, 5.41) is 1.92. The van der Waals surface area contributed by atoms with E-state index in [9.17, 15) is 0 Å². The lowest BCUT2D eigenvalue weighted by Gasteiger charge is -2.25. The summed E-state index contributed by atoms with van der Waals surface area (Å²) < 4.78 is 0. The predicted molar refractivity (Wildman–Crippen MR) is 68.0 cm³/mol. The van der Waals surface area contributed by atoms with Gasteiger partial charge < -0.3 is 10.6 Å². The number of thiazole rings is 1. The second-order valence-electron chi connectivity index (χ2n) is 4.68. The second kappa shape index (κ2) is 4.22. The summed E-state index contributed by atoms with van der Waals surface area (Å²) in [5.74, 6) is 0. The van der Waals surface area contributed by atoms with Gasteiger partial charge in [-0.25, -0.2) is 4.98 Å². The van der Waals surface area contributed by atoms with Gasteiger partial charge in [0.05, 0.1) is 6.20 Å². The number of rotatable bonds is 1. The molecule has 3 heterocycles. The first-order valence-electron chi connectivity index (χ1n) is 6.03. The van der Waals surface area contributed by atoms with E-state index in [0.717, 1.165) is 29.3 Å². The Morgan fingerprint density at radius 3 is 3.00 bits per heavy atom. The van der Waals surface area contributed by atoms with E-state index in [1.165, 1.54) is 32.4 Å². The maximum Gasteiger partial charge on any atom is 0.187 e. The SMILES string of the molecule is Nc1cnc(N2CCCN3CCCC3C2)s1. The molecular formula is C11H18N4S. The number of nitrogen functional groups attached to an aromatic ring is 1. The highest BCUT2D eigenvalue weighted by Gasteiger charge is 2.29. The summed E-state index contributed by atoms with van der Waals surface area (Å²) in [6, 6.07) is 0.743. The molecule has 5 heteroatoms. The number of nitrogens with zero attached hydrogens (tertiary/aromatic N) is 3. The number of aromatic nitrogens is 1. The first kappa shape index (κ1) is 10.4. The molecule has 2 aliphatic rings. The first-order chi connectivity index (χ1) is 7.83. The van der Waals surface area contributed by atoms with E-state index < -0.39 is 0 Å². The molecule has 0 aromatic carbocycles. The van der Waals surface area contributed by atoms with Gasteiger partial charge in [-0.3, -0.25) is 4.90 Å². The minimum absolute atomic E-state index is 0.743. The van der Waals surface area contributed by atoms with Crippen LogP contribution in [0.15, 0.2) is 6.20 Å². The molecule has 4 nitrogen and oxygen atoms in total. The highest BCUT2D eigenvalue weighted by atomic mass is 32.1. The zero-order valence-corrected chi connectivity index (χ0v) is 10.2. The van der Waals surface area contributed by atoms with Gasteiger partial charge in [-0.05, 0) is 25.8 Å². The topological polar surface area (TPSA) is 45.4 Å². The highest BCUT2D eigenvalue weighted by Crippen LogP contribution is 2.28. The van der Waals surface area contributed by atoms with Crippen LogP contribution < -0.4 is 10.6 Å². The van der Waals surface area contributed by atoms with Gasteiger partial charge in [0.25, 0.3) is 0 Å². The fraction of sp³-hybridized carbons (Fsp3) is 0.727.